The zero-order valence-electron chi connectivity index (χ0n) is 40.4. The van der Waals surface area contributed by atoms with Crippen LogP contribution >= 0.6 is 46.4 Å². The second kappa shape index (κ2) is 28.7. The van der Waals surface area contributed by atoms with Gasteiger partial charge in [0, 0.05) is 39.9 Å². The quantitative estimate of drug-likeness (QED) is 0.0546. The van der Waals surface area contributed by atoms with Crippen LogP contribution in [0.5, 0.6) is 11.5 Å². The molecule has 6 N–H and O–H groups in total. The minimum atomic E-state index is -4.04. The van der Waals surface area contributed by atoms with Gasteiger partial charge in [0.05, 0.1) is 34.4 Å². The highest BCUT2D eigenvalue weighted by Crippen LogP contribution is 2.37. The largest absolute Gasteiger partial charge is 0.489 e. The number of amides is 1. The molecule has 13 nitrogen and oxygen atoms in total. The van der Waals surface area contributed by atoms with Crippen LogP contribution in [0, 0.1) is 0 Å². The summed E-state index contributed by atoms with van der Waals surface area (Å²) < 4.78 is 77.8. The lowest BCUT2D eigenvalue weighted by atomic mass is 10.0. The lowest BCUT2D eigenvalue weighted by Crippen LogP contribution is -2.50. The van der Waals surface area contributed by atoms with E-state index in [0.717, 1.165) is 56.7 Å². The predicted molar refractivity (Wildman–Crippen MR) is 294 cm³/mol. The molecule has 21 heteroatoms. The van der Waals surface area contributed by atoms with Crippen LogP contribution in [0.4, 0.5) is 17.6 Å². The Morgan fingerprint density at radius 3 is 1.45 bits per heavy atom. The fourth-order valence-corrected chi connectivity index (χ4v) is 9.05. The molecule has 2 aliphatic rings. The Bertz CT molecular complexity index is 2820. The second-order valence-corrected chi connectivity index (χ2v) is 20.1. The van der Waals surface area contributed by atoms with E-state index in [-0.39, 0.29) is 63.3 Å². The van der Waals surface area contributed by atoms with Crippen LogP contribution in [0.2, 0.25) is 20.1 Å². The van der Waals surface area contributed by atoms with Crippen molar-refractivity contribution in [2.75, 3.05) is 39.3 Å². The Kier molecular flexibility index (Phi) is 24.7. The molecule has 76 heavy (non-hydrogen) atoms. The van der Waals surface area contributed by atoms with E-state index in [0.29, 0.717) is 49.4 Å². The molecule has 1 amide bonds. The molecule has 0 radical (unpaired) electrons. The monoisotopic (exact) mass is 1150 g/mol. The van der Waals surface area contributed by atoms with E-state index in [4.69, 9.17) is 75.6 Å². The van der Waals surface area contributed by atoms with Gasteiger partial charge in [-0.3, -0.25) is 4.79 Å². The van der Waals surface area contributed by atoms with Crippen molar-refractivity contribution in [1.82, 2.24) is 15.1 Å². The number of nitrogens with one attached hydrogen (secondary N) is 1. The molecule has 420 valence electrons. The highest BCUT2D eigenvalue weighted by atomic mass is 35.5. The van der Waals surface area contributed by atoms with Gasteiger partial charge in [0.15, 0.2) is 11.5 Å². The van der Waals surface area contributed by atoms with Gasteiger partial charge in [-0.15, -0.1) is 0 Å². The average Bonchev–Trinajstić information content (AvgIpc) is 4.18. The molecule has 0 aliphatic carbocycles. The number of fused-ring (bicyclic) bond motifs is 2. The van der Waals surface area contributed by atoms with Gasteiger partial charge < -0.3 is 54.5 Å². The molecule has 0 spiro atoms. The van der Waals surface area contributed by atoms with E-state index in [9.17, 15) is 28.6 Å². The summed E-state index contributed by atoms with van der Waals surface area (Å²) in [6.45, 7) is 12.2. The van der Waals surface area contributed by atoms with E-state index in [1.165, 1.54) is 55.3 Å². The highest BCUT2D eigenvalue weighted by molar-refractivity contribution is 6.32. The molecule has 2 fully saturated rings. The molecule has 2 aliphatic heterocycles. The zero-order valence-corrected chi connectivity index (χ0v) is 43.4. The molecule has 0 bridgehead atoms. The summed E-state index contributed by atoms with van der Waals surface area (Å²) in [5.74, 6) is -12.5. The highest BCUT2D eigenvalue weighted by Gasteiger charge is 2.47. The van der Waals surface area contributed by atoms with Gasteiger partial charge >= 0.3 is 17.8 Å². The van der Waals surface area contributed by atoms with Crippen molar-refractivity contribution in [2.45, 2.75) is 124 Å². The Hall–Kier alpha value is -4.82. The molecular formula is C55H70Cl4F4N4O9. The van der Waals surface area contributed by atoms with Crippen molar-refractivity contribution in [3.8, 4) is 11.5 Å². The molecule has 2 aromatic heterocycles. The maximum Gasteiger partial charge on any atom is 0.399 e. The Balaban J connectivity index is 0.000000323. The van der Waals surface area contributed by atoms with Gasteiger partial charge in [-0.25, -0.2) is 4.79 Å². The molecule has 4 atom stereocenters. The number of benzene rings is 4. The first kappa shape index (κ1) is 65.5. The minimum Gasteiger partial charge on any atom is -0.489 e. The number of halogens is 8. The van der Waals surface area contributed by atoms with Gasteiger partial charge in [-0.1, -0.05) is 80.8 Å². The predicted octanol–water partition coefficient (Wildman–Crippen LogP) is 13.7. The van der Waals surface area contributed by atoms with Crippen molar-refractivity contribution < 1.29 is 60.8 Å². The number of hydrogen-bond acceptors (Lipinski definition) is 11. The summed E-state index contributed by atoms with van der Waals surface area (Å²) in [5.41, 5.74) is 7.60. The number of carboxylic acid groups (broad SMARTS) is 1. The smallest absolute Gasteiger partial charge is 0.399 e. The fourth-order valence-electron chi connectivity index (χ4n) is 8.23. The van der Waals surface area contributed by atoms with Gasteiger partial charge in [-0.05, 0) is 163 Å². The van der Waals surface area contributed by atoms with Crippen molar-refractivity contribution in [2.24, 2.45) is 5.73 Å². The summed E-state index contributed by atoms with van der Waals surface area (Å²) in [4.78, 5) is 27.5. The molecule has 2 saturated heterocycles. The third-order valence-corrected chi connectivity index (χ3v) is 12.9. The number of nitrogens with zero attached hydrogens (tertiary/aromatic N) is 2. The van der Waals surface area contributed by atoms with Crippen LogP contribution in [0.1, 0.15) is 111 Å². The normalized spacial score (nSPS) is 15.5. The molecular weight excluding hydrogens is 1080 g/mol. The molecule has 1 unspecified atom stereocenters. The maximum absolute atomic E-state index is 15.2. The van der Waals surface area contributed by atoms with Crippen LogP contribution < -0.4 is 20.5 Å². The van der Waals surface area contributed by atoms with E-state index in [1.807, 2.05) is 38.7 Å². The first-order valence-electron chi connectivity index (χ1n) is 23.6. The standard InChI is InChI=1S/C26H28Cl2F2N2O4.C16H25ClN2O2.C10H5ClF2O3.3CH4/c1-15(2)35-22-7-5-16(12-19(22)28)24(33)20(14-32-9-3-4-10-32)31-25(34)26(29,30)23-13-17-11-18(27)6-8-21(17)36-23;1-11(2)21-15-6-5-12(9-13(15)17)16(20)14(18)10-19-7-3-4-8-19;11-6-1-2-7-5(3-6)4-8(16-7)10(12,13)9(14)15;;;/h5-8,11-13,15,20,24,33H,3-4,9-10,14H2,1-2H3,(H,31,34);5-6,9,11,14,16,20H,3-4,7-8,10,18H2,1-2H3;1-4H,(H,14,15);3*1H4/t20-,24-;14-,16?;;;;/m11..../s1. The van der Waals surface area contributed by atoms with E-state index in [2.05, 4.69) is 10.2 Å². The number of furan rings is 2. The van der Waals surface area contributed by atoms with E-state index in [1.54, 1.807) is 24.3 Å². The van der Waals surface area contributed by atoms with Gasteiger partial charge in [0.25, 0.3) is 5.91 Å². The van der Waals surface area contributed by atoms with Crippen molar-refractivity contribution in [1.29, 1.82) is 0 Å². The van der Waals surface area contributed by atoms with E-state index >= 15 is 8.78 Å². The number of likely N-dealkylation sites (tertiary alicyclic amines) is 2. The third-order valence-electron chi connectivity index (χ3n) is 11.9. The average molecular weight is 1150 g/mol. The number of carbonyl (C=O) groups excluding carboxylic acids is 1. The fraction of sp³-hybridized carbons (Fsp3) is 0.455. The number of aliphatic carboxylic acids is 1. The maximum atomic E-state index is 15.2. The van der Waals surface area contributed by atoms with Crippen molar-refractivity contribution >= 4 is 80.2 Å². The number of rotatable bonds is 17. The van der Waals surface area contributed by atoms with Gasteiger partial charge in [0.2, 0.25) is 0 Å². The zero-order chi connectivity index (χ0) is 53.4. The minimum absolute atomic E-state index is 0. The summed E-state index contributed by atoms with van der Waals surface area (Å²) in [6.07, 6.45) is 2.32. The topological polar surface area (TPSA) is 184 Å². The number of aliphatic hydroxyl groups is 2. The number of nitrogens with two attached hydrogens (primary N) is 1. The molecule has 6 aromatic rings. The summed E-state index contributed by atoms with van der Waals surface area (Å²) in [6, 6.07) is 19.6. The Morgan fingerprint density at radius 1 is 0.632 bits per heavy atom. The number of carboxylic acids is 1. The van der Waals surface area contributed by atoms with Gasteiger partial charge in [-0.2, -0.15) is 17.6 Å². The molecule has 4 heterocycles. The first-order valence-corrected chi connectivity index (χ1v) is 25.1. The lowest BCUT2D eigenvalue weighted by molar-refractivity contribution is -0.168. The Labute approximate surface area is 462 Å². The van der Waals surface area contributed by atoms with Crippen LogP contribution in [0.3, 0.4) is 0 Å². The SMILES string of the molecule is C.C.C.CC(C)Oc1ccc(C(O)[C@H](N)CN2CCCC2)cc1Cl.CC(C)Oc1ccc([C@@H](O)[C@@H](CN2CCCC2)NC(=O)C(F)(F)c2cc3cc(Cl)ccc3o2)cc1Cl.O=C(O)C(F)(F)c1cc2cc(Cl)ccc2o1. The summed E-state index contributed by atoms with van der Waals surface area (Å²) in [7, 11) is 0. The number of aliphatic hydroxyl groups excluding tert-OH is 2. The lowest BCUT2D eigenvalue weighted by Gasteiger charge is -2.30. The summed E-state index contributed by atoms with van der Waals surface area (Å²) >= 11 is 24.1. The van der Waals surface area contributed by atoms with Gasteiger partial charge in [0.1, 0.15) is 28.8 Å². The van der Waals surface area contributed by atoms with Crippen LogP contribution in [0.15, 0.2) is 93.8 Å². The molecule has 4 aromatic carbocycles. The van der Waals surface area contributed by atoms with Crippen molar-refractivity contribution in [3.05, 3.63) is 128 Å². The van der Waals surface area contributed by atoms with Crippen LogP contribution in [0.25, 0.3) is 21.9 Å². The number of carbonyl (C=O) groups is 2. The molecule has 0 saturated carbocycles. The van der Waals surface area contributed by atoms with E-state index < -0.39 is 53.5 Å². The first-order chi connectivity index (χ1) is 34.4. The molecule has 8 rings (SSSR count). The van der Waals surface area contributed by atoms with Crippen LogP contribution in [-0.2, 0) is 21.4 Å². The Morgan fingerprint density at radius 2 is 1.04 bits per heavy atom. The number of alkyl halides is 4. The third kappa shape index (κ3) is 17.1. The second-order valence-electron chi connectivity index (χ2n) is 18.4. The van der Waals surface area contributed by atoms with Crippen LogP contribution in [-0.4, -0.2) is 101 Å². The van der Waals surface area contributed by atoms with Crippen molar-refractivity contribution in [3.63, 3.8) is 0 Å². The summed E-state index contributed by atoms with van der Waals surface area (Å²) in [5, 5.41) is 34.4. The number of ether oxygens (including phenoxy) is 2. The number of hydrogen-bond donors (Lipinski definition) is 5.